The van der Waals surface area contributed by atoms with Crippen LogP contribution in [0.4, 0.5) is 5.82 Å². The van der Waals surface area contributed by atoms with Crippen molar-refractivity contribution in [3.63, 3.8) is 0 Å². The maximum absolute atomic E-state index is 11.9. The van der Waals surface area contributed by atoms with Gasteiger partial charge in [-0.2, -0.15) is 16.4 Å². The van der Waals surface area contributed by atoms with Crippen molar-refractivity contribution < 1.29 is 4.79 Å². The molecule has 0 saturated carbocycles. The smallest absolute Gasteiger partial charge is 0.226 e. The molecule has 1 unspecified atom stereocenters. The predicted molar refractivity (Wildman–Crippen MR) is 88.4 cm³/mol. The molecule has 0 aliphatic carbocycles. The Morgan fingerprint density at radius 2 is 2.05 bits per heavy atom. The number of hydrogen-bond acceptors (Lipinski definition) is 3. The van der Waals surface area contributed by atoms with E-state index in [0.29, 0.717) is 17.3 Å². The molecule has 110 valence electrons. The second-order valence-corrected chi connectivity index (χ2v) is 6.45. The number of anilines is 1. The zero-order valence-corrected chi connectivity index (χ0v) is 13.0. The van der Waals surface area contributed by atoms with Crippen LogP contribution in [-0.2, 0) is 4.79 Å². The van der Waals surface area contributed by atoms with Gasteiger partial charge >= 0.3 is 0 Å². The molecule has 0 radical (unpaired) electrons. The van der Waals surface area contributed by atoms with Crippen molar-refractivity contribution >= 4 is 34.7 Å². The molecule has 2 aromatic heterocycles. The molecular weight excluding hydrogens is 318 g/mol. The van der Waals surface area contributed by atoms with Crippen LogP contribution in [0.5, 0.6) is 0 Å². The molecule has 1 aliphatic heterocycles. The summed E-state index contributed by atoms with van der Waals surface area (Å²) in [6.45, 7) is 0. The van der Waals surface area contributed by atoms with Crippen LogP contribution in [0, 0.1) is 0 Å². The average Bonchev–Trinajstić information content (AvgIpc) is 3.16. The van der Waals surface area contributed by atoms with Crippen molar-refractivity contribution in [2.75, 3.05) is 5.32 Å². The van der Waals surface area contributed by atoms with Crippen LogP contribution in [0.3, 0.4) is 0 Å². The number of thiophene rings is 1. The highest BCUT2D eigenvalue weighted by molar-refractivity contribution is 7.08. The van der Waals surface area contributed by atoms with Crippen molar-refractivity contribution in [3.8, 4) is 11.3 Å². The summed E-state index contributed by atoms with van der Waals surface area (Å²) >= 11 is 7.60. The van der Waals surface area contributed by atoms with Gasteiger partial charge in [-0.05, 0) is 34.5 Å². The maximum atomic E-state index is 11.9. The minimum Gasteiger partial charge on any atom is -0.309 e. The molecular formula is C16H12ClN3OS. The second-order valence-electron chi connectivity index (χ2n) is 5.23. The van der Waals surface area contributed by atoms with Crippen LogP contribution in [0.2, 0.25) is 5.02 Å². The van der Waals surface area contributed by atoms with Crippen molar-refractivity contribution in [1.29, 1.82) is 0 Å². The Hall–Kier alpha value is -2.11. The Bertz CT molecular complexity index is 824. The topological polar surface area (TPSA) is 57.8 Å². The fourth-order valence-corrected chi connectivity index (χ4v) is 3.69. The van der Waals surface area contributed by atoms with Crippen LogP contribution in [-0.4, -0.2) is 16.1 Å². The average molecular weight is 330 g/mol. The maximum Gasteiger partial charge on any atom is 0.226 e. The van der Waals surface area contributed by atoms with E-state index < -0.39 is 0 Å². The van der Waals surface area contributed by atoms with E-state index in [0.717, 1.165) is 22.4 Å². The van der Waals surface area contributed by atoms with Gasteiger partial charge in [-0.15, -0.1) is 0 Å². The molecule has 1 aliphatic rings. The van der Waals surface area contributed by atoms with E-state index in [2.05, 4.69) is 27.0 Å². The third-order valence-electron chi connectivity index (χ3n) is 3.88. The molecule has 0 saturated heterocycles. The van der Waals surface area contributed by atoms with Gasteiger partial charge in [0.05, 0.1) is 5.69 Å². The van der Waals surface area contributed by atoms with Gasteiger partial charge in [0.15, 0.2) is 5.82 Å². The number of nitrogens with one attached hydrogen (secondary N) is 2. The van der Waals surface area contributed by atoms with Gasteiger partial charge in [0.25, 0.3) is 0 Å². The van der Waals surface area contributed by atoms with E-state index in [-0.39, 0.29) is 11.8 Å². The van der Waals surface area contributed by atoms with Crippen molar-refractivity contribution in [3.05, 3.63) is 57.2 Å². The van der Waals surface area contributed by atoms with E-state index >= 15 is 0 Å². The van der Waals surface area contributed by atoms with Gasteiger partial charge in [-0.1, -0.05) is 23.7 Å². The number of benzene rings is 1. The quantitative estimate of drug-likeness (QED) is 0.737. The molecule has 0 fully saturated rings. The first-order valence-electron chi connectivity index (χ1n) is 6.88. The highest BCUT2D eigenvalue weighted by atomic mass is 35.5. The van der Waals surface area contributed by atoms with Crippen molar-refractivity contribution in [2.24, 2.45) is 0 Å². The number of rotatable bonds is 2. The number of carbonyl (C=O) groups excluding carboxylic acids is 1. The summed E-state index contributed by atoms with van der Waals surface area (Å²) in [6.07, 6.45) is 0.434. The minimum atomic E-state index is -0.00199. The molecule has 1 aromatic carbocycles. The molecule has 3 aromatic rings. The van der Waals surface area contributed by atoms with E-state index in [9.17, 15) is 4.79 Å². The minimum absolute atomic E-state index is 0.00199. The van der Waals surface area contributed by atoms with Crippen LogP contribution in [0.15, 0.2) is 41.1 Å². The first-order chi connectivity index (χ1) is 10.7. The Morgan fingerprint density at radius 1 is 1.23 bits per heavy atom. The third kappa shape index (κ3) is 2.23. The van der Waals surface area contributed by atoms with Crippen LogP contribution < -0.4 is 5.32 Å². The summed E-state index contributed by atoms with van der Waals surface area (Å²) in [6, 6.07) is 9.68. The third-order valence-corrected chi connectivity index (χ3v) is 4.83. The highest BCUT2D eigenvalue weighted by Crippen LogP contribution is 2.42. The molecule has 22 heavy (non-hydrogen) atoms. The Morgan fingerprint density at radius 3 is 2.77 bits per heavy atom. The normalized spacial score (nSPS) is 17.1. The number of aromatic amines is 1. The fraction of sp³-hybridized carbons (Fsp3) is 0.125. The number of halogens is 1. The molecule has 4 rings (SSSR count). The SMILES string of the molecule is O=C1CC(c2ccsc2)c2c(n[nH]c2-c2ccc(Cl)cc2)N1. The summed E-state index contributed by atoms with van der Waals surface area (Å²) in [7, 11) is 0. The van der Waals surface area contributed by atoms with E-state index in [1.165, 1.54) is 0 Å². The monoisotopic (exact) mass is 329 g/mol. The van der Waals surface area contributed by atoms with Gasteiger partial charge in [0, 0.05) is 28.5 Å². The Kier molecular flexibility index (Phi) is 3.24. The number of fused-ring (bicyclic) bond motifs is 1. The number of hydrogen-bond donors (Lipinski definition) is 2. The van der Waals surface area contributed by atoms with Crippen LogP contribution in [0.1, 0.15) is 23.5 Å². The lowest BCUT2D eigenvalue weighted by atomic mass is 9.86. The molecule has 1 atom stereocenters. The molecule has 2 N–H and O–H groups in total. The fourth-order valence-electron chi connectivity index (χ4n) is 2.85. The van der Waals surface area contributed by atoms with Crippen LogP contribution >= 0.6 is 22.9 Å². The molecule has 1 amide bonds. The van der Waals surface area contributed by atoms with Gasteiger partial charge in [0.1, 0.15) is 0 Å². The van der Waals surface area contributed by atoms with Gasteiger partial charge in [0.2, 0.25) is 5.91 Å². The van der Waals surface area contributed by atoms with Gasteiger partial charge in [-0.3, -0.25) is 9.89 Å². The molecule has 4 nitrogen and oxygen atoms in total. The summed E-state index contributed by atoms with van der Waals surface area (Å²) in [4.78, 5) is 11.9. The summed E-state index contributed by atoms with van der Waals surface area (Å²) < 4.78 is 0. The second kappa shape index (κ2) is 5.26. The van der Waals surface area contributed by atoms with E-state index in [1.54, 1.807) is 11.3 Å². The first-order valence-corrected chi connectivity index (χ1v) is 8.20. The zero-order valence-electron chi connectivity index (χ0n) is 11.5. The first kappa shape index (κ1) is 13.5. The number of aromatic nitrogens is 2. The molecule has 0 bridgehead atoms. The van der Waals surface area contributed by atoms with E-state index in [4.69, 9.17) is 11.6 Å². The Balaban J connectivity index is 1.87. The van der Waals surface area contributed by atoms with Crippen molar-refractivity contribution in [2.45, 2.75) is 12.3 Å². The summed E-state index contributed by atoms with van der Waals surface area (Å²) in [5.41, 5.74) is 4.13. The summed E-state index contributed by atoms with van der Waals surface area (Å²) in [5.74, 6) is 0.648. The largest absolute Gasteiger partial charge is 0.309 e. The zero-order chi connectivity index (χ0) is 15.1. The van der Waals surface area contributed by atoms with Gasteiger partial charge < -0.3 is 5.32 Å². The van der Waals surface area contributed by atoms with Gasteiger partial charge in [-0.25, -0.2) is 0 Å². The molecule has 0 spiro atoms. The lowest BCUT2D eigenvalue weighted by Crippen LogP contribution is -2.23. The number of amides is 1. The summed E-state index contributed by atoms with van der Waals surface area (Å²) in [5, 5.41) is 15.0. The lowest BCUT2D eigenvalue weighted by molar-refractivity contribution is -0.116. The van der Waals surface area contributed by atoms with E-state index in [1.807, 2.05) is 29.6 Å². The highest BCUT2D eigenvalue weighted by Gasteiger charge is 2.32. The standard InChI is InChI=1S/C16H12ClN3OS/c17-11-3-1-9(2-4-11)15-14-12(10-5-6-22-8-10)7-13(21)18-16(14)20-19-15/h1-6,8,12H,7H2,(H2,18,19,20,21). The number of H-pyrrole nitrogens is 1. The Labute approximate surface area is 136 Å². The molecule has 3 heterocycles. The predicted octanol–water partition coefficient (Wildman–Crippen LogP) is 4.27. The lowest BCUT2D eigenvalue weighted by Gasteiger charge is -2.22. The number of nitrogens with zero attached hydrogens (tertiary/aromatic N) is 1. The molecule has 6 heteroatoms. The number of carbonyl (C=O) groups is 1. The van der Waals surface area contributed by atoms with Crippen molar-refractivity contribution in [1.82, 2.24) is 10.2 Å². The van der Waals surface area contributed by atoms with Crippen LogP contribution in [0.25, 0.3) is 11.3 Å².